The number of nitrogens with zero attached hydrogens (tertiary/aromatic N) is 3. The number of aryl methyl sites for hydroxylation is 3. The third-order valence-electron chi connectivity index (χ3n) is 4.90. The zero-order valence-electron chi connectivity index (χ0n) is 17.2. The number of rotatable bonds is 8. The number of aromatic nitrogens is 2. The Balaban J connectivity index is 1.57. The molecule has 0 aliphatic rings. The van der Waals surface area contributed by atoms with Crippen LogP contribution in [0.15, 0.2) is 54.7 Å². The van der Waals surface area contributed by atoms with Crippen molar-refractivity contribution < 1.29 is 14.5 Å². The van der Waals surface area contributed by atoms with Gasteiger partial charge in [0.2, 0.25) is 0 Å². The standard InChI is InChI=1S/C23H23N3O4/c1-16-4-5-19(14-17(16)2)6-11-22(27)20-7-9-21(10-8-20)30-13-12-25-18(3)24-15-23(25)26(28)29/h4-11,14-15H,12-13H2,1-3H3/b11-6+. The fourth-order valence-corrected chi connectivity index (χ4v) is 2.99. The molecule has 1 aromatic heterocycles. The van der Waals surface area contributed by atoms with Gasteiger partial charge in [-0.15, -0.1) is 0 Å². The summed E-state index contributed by atoms with van der Waals surface area (Å²) in [5.41, 5.74) is 3.94. The smallest absolute Gasteiger partial charge is 0.342 e. The Kier molecular flexibility index (Phi) is 6.41. The van der Waals surface area contributed by atoms with E-state index in [1.54, 1.807) is 43.3 Å². The Hall–Kier alpha value is -3.74. The van der Waals surface area contributed by atoms with Crippen LogP contribution in [-0.2, 0) is 6.54 Å². The second-order valence-electron chi connectivity index (χ2n) is 6.99. The molecule has 0 radical (unpaired) electrons. The average molecular weight is 405 g/mol. The van der Waals surface area contributed by atoms with Gasteiger partial charge in [-0.25, -0.2) is 9.55 Å². The van der Waals surface area contributed by atoms with Crippen LogP contribution in [0.25, 0.3) is 6.08 Å². The minimum atomic E-state index is -0.466. The third-order valence-corrected chi connectivity index (χ3v) is 4.90. The van der Waals surface area contributed by atoms with Crippen molar-refractivity contribution in [2.45, 2.75) is 27.3 Å². The fraction of sp³-hybridized carbons (Fsp3) is 0.217. The molecule has 0 bridgehead atoms. The SMILES string of the molecule is Cc1ccc(/C=C/C(=O)c2ccc(OCCn3c([N+](=O)[O-])cnc3C)cc2)cc1C. The highest BCUT2D eigenvalue weighted by atomic mass is 16.6. The highest BCUT2D eigenvalue weighted by molar-refractivity contribution is 6.06. The second kappa shape index (κ2) is 9.17. The molecule has 0 atom stereocenters. The maximum Gasteiger partial charge on any atom is 0.342 e. The largest absolute Gasteiger partial charge is 0.489 e. The van der Waals surface area contributed by atoms with E-state index < -0.39 is 4.92 Å². The van der Waals surface area contributed by atoms with Gasteiger partial charge in [-0.1, -0.05) is 24.3 Å². The molecular formula is C23H23N3O4. The monoisotopic (exact) mass is 405 g/mol. The van der Waals surface area contributed by atoms with E-state index in [9.17, 15) is 14.9 Å². The van der Waals surface area contributed by atoms with Crippen LogP contribution in [0.4, 0.5) is 5.82 Å². The molecule has 1 heterocycles. The Morgan fingerprint density at radius 2 is 1.87 bits per heavy atom. The van der Waals surface area contributed by atoms with Crippen LogP contribution in [0.1, 0.15) is 32.9 Å². The number of imidazole rings is 1. The molecule has 0 amide bonds. The van der Waals surface area contributed by atoms with E-state index in [0.29, 0.717) is 23.7 Å². The molecule has 0 unspecified atom stereocenters. The molecule has 0 aliphatic carbocycles. The Labute approximate surface area is 174 Å². The first-order chi connectivity index (χ1) is 14.3. The molecule has 0 N–H and O–H groups in total. The maximum atomic E-state index is 12.4. The lowest BCUT2D eigenvalue weighted by atomic mass is 10.0. The number of benzene rings is 2. The van der Waals surface area contributed by atoms with Crippen LogP contribution in [-0.4, -0.2) is 26.9 Å². The van der Waals surface area contributed by atoms with Crippen molar-refractivity contribution in [1.29, 1.82) is 0 Å². The number of carbonyl (C=O) groups excluding carboxylic acids is 1. The first-order valence-electron chi connectivity index (χ1n) is 9.54. The minimum absolute atomic E-state index is 0.0624. The highest BCUT2D eigenvalue weighted by Gasteiger charge is 2.16. The van der Waals surface area contributed by atoms with Gasteiger partial charge in [0.15, 0.2) is 11.6 Å². The quantitative estimate of drug-likeness (QED) is 0.235. The number of carbonyl (C=O) groups is 1. The molecule has 7 nitrogen and oxygen atoms in total. The molecule has 0 spiro atoms. The van der Waals surface area contributed by atoms with Gasteiger partial charge in [-0.05, 0) is 65.8 Å². The Morgan fingerprint density at radius 3 is 2.53 bits per heavy atom. The average Bonchev–Trinajstić information content (AvgIpc) is 3.10. The Morgan fingerprint density at radius 1 is 1.13 bits per heavy atom. The lowest BCUT2D eigenvalue weighted by molar-refractivity contribution is -0.392. The summed E-state index contributed by atoms with van der Waals surface area (Å²) >= 11 is 0. The summed E-state index contributed by atoms with van der Waals surface area (Å²) < 4.78 is 7.15. The molecule has 154 valence electrons. The molecule has 3 rings (SSSR count). The van der Waals surface area contributed by atoms with Gasteiger partial charge < -0.3 is 14.9 Å². The zero-order valence-corrected chi connectivity index (χ0v) is 17.2. The van der Waals surface area contributed by atoms with Crippen LogP contribution in [0.5, 0.6) is 5.75 Å². The summed E-state index contributed by atoms with van der Waals surface area (Å²) in [6.45, 7) is 6.35. The molecule has 0 fully saturated rings. The topological polar surface area (TPSA) is 87.3 Å². The van der Waals surface area contributed by atoms with E-state index in [2.05, 4.69) is 11.9 Å². The van der Waals surface area contributed by atoms with E-state index in [1.165, 1.54) is 21.9 Å². The van der Waals surface area contributed by atoms with Crippen LogP contribution in [0.2, 0.25) is 0 Å². The molecule has 3 aromatic rings. The van der Waals surface area contributed by atoms with Crippen molar-refractivity contribution in [3.8, 4) is 5.75 Å². The summed E-state index contributed by atoms with van der Waals surface area (Å²) in [4.78, 5) is 26.9. The first-order valence-corrected chi connectivity index (χ1v) is 9.54. The zero-order chi connectivity index (χ0) is 21.7. The van der Waals surface area contributed by atoms with Crippen molar-refractivity contribution >= 4 is 17.7 Å². The number of hydrogen-bond donors (Lipinski definition) is 0. The molecular weight excluding hydrogens is 382 g/mol. The van der Waals surface area contributed by atoms with E-state index in [4.69, 9.17) is 4.74 Å². The molecule has 30 heavy (non-hydrogen) atoms. The first kappa shape index (κ1) is 21.0. The number of nitro groups is 1. The predicted octanol–water partition coefficient (Wildman–Crippen LogP) is 4.69. The molecule has 0 saturated carbocycles. The fourth-order valence-electron chi connectivity index (χ4n) is 2.99. The summed E-state index contributed by atoms with van der Waals surface area (Å²) in [6, 6.07) is 12.9. The minimum Gasteiger partial charge on any atom is -0.489 e. The van der Waals surface area contributed by atoms with Gasteiger partial charge in [0, 0.05) is 12.5 Å². The lowest BCUT2D eigenvalue weighted by Crippen LogP contribution is -2.11. The van der Waals surface area contributed by atoms with Gasteiger partial charge in [0.1, 0.15) is 25.1 Å². The van der Waals surface area contributed by atoms with E-state index in [0.717, 1.165) is 5.56 Å². The third kappa shape index (κ3) is 5.00. The van der Waals surface area contributed by atoms with Crippen LogP contribution < -0.4 is 4.74 Å². The van der Waals surface area contributed by atoms with Crippen LogP contribution in [0, 0.1) is 30.9 Å². The second-order valence-corrected chi connectivity index (χ2v) is 6.99. The highest BCUT2D eigenvalue weighted by Crippen LogP contribution is 2.17. The van der Waals surface area contributed by atoms with Gasteiger partial charge >= 0.3 is 5.82 Å². The summed E-state index contributed by atoms with van der Waals surface area (Å²) in [7, 11) is 0. The number of hydrogen-bond acceptors (Lipinski definition) is 5. The van der Waals surface area contributed by atoms with Crippen LogP contribution in [0.3, 0.4) is 0 Å². The lowest BCUT2D eigenvalue weighted by Gasteiger charge is -2.07. The molecule has 7 heteroatoms. The Bertz CT molecular complexity index is 1100. The number of ether oxygens (including phenoxy) is 1. The molecule has 2 aromatic carbocycles. The predicted molar refractivity (Wildman–Crippen MR) is 115 cm³/mol. The van der Waals surface area contributed by atoms with Crippen LogP contribution >= 0.6 is 0 Å². The molecule has 0 aliphatic heterocycles. The van der Waals surface area contributed by atoms with Crippen molar-refractivity contribution in [2.24, 2.45) is 0 Å². The maximum absolute atomic E-state index is 12.4. The number of allylic oxidation sites excluding steroid dienone is 1. The van der Waals surface area contributed by atoms with Gasteiger partial charge in [0.25, 0.3) is 0 Å². The van der Waals surface area contributed by atoms with Gasteiger partial charge in [-0.3, -0.25) is 4.79 Å². The van der Waals surface area contributed by atoms with Crippen molar-refractivity contribution in [2.75, 3.05) is 6.61 Å². The summed E-state index contributed by atoms with van der Waals surface area (Å²) in [6.07, 6.45) is 4.60. The van der Waals surface area contributed by atoms with Crippen molar-refractivity contribution in [3.05, 3.63) is 92.9 Å². The van der Waals surface area contributed by atoms with E-state index in [-0.39, 0.29) is 18.2 Å². The normalized spacial score (nSPS) is 11.0. The summed E-state index contributed by atoms with van der Waals surface area (Å²) in [5, 5.41) is 11.0. The van der Waals surface area contributed by atoms with Gasteiger partial charge in [-0.2, -0.15) is 0 Å². The van der Waals surface area contributed by atoms with Crippen molar-refractivity contribution in [1.82, 2.24) is 9.55 Å². The summed E-state index contributed by atoms with van der Waals surface area (Å²) in [5.74, 6) is 0.990. The van der Waals surface area contributed by atoms with E-state index in [1.807, 2.05) is 25.1 Å². The molecule has 0 saturated heterocycles. The number of ketones is 1. The van der Waals surface area contributed by atoms with E-state index >= 15 is 0 Å². The van der Waals surface area contributed by atoms with Gasteiger partial charge in [0.05, 0.1) is 0 Å². The van der Waals surface area contributed by atoms with Crippen molar-refractivity contribution in [3.63, 3.8) is 0 Å².